The lowest BCUT2D eigenvalue weighted by atomic mass is 9.92. The molecule has 0 unspecified atom stereocenters. The van der Waals surface area contributed by atoms with E-state index in [1.807, 2.05) is 16.9 Å². The van der Waals surface area contributed by atoms with Crippen LogP contribution in [-0.2, 0) is 41.5 Å². The molecule has 0 spiro atoms. The van der Waals surface area contributed by atoms with Crippen molar-refractivity contribution in [1.29, 1.82) is 5.26 Å². The van der Waals surface area contributed by atoms with Crippen molar-refractivity contribution in [3.63, 3.8) is 0 Å². The van der Waals surface area contributed by atoms with Gasteiger partial charge in [-0.3, -0.25) is 0 Å². The third-order valence-electron chi connectivity index (χ3n) is 5.48. The fourth-order valence-corrected chi connectivity index (χ4v) is 6.53. The number of urea groups is 1. The minimum absolute atomic E-state index is 0.107. The second-order valence-electron chi connectivity index (χ2n) is 8.20. The summed E-state index contributed by atoms with van der Waals surface area (Å²) in [7, 11) is -4.35. The first-order valence-corrected chi connectivity index (χ1v) is 12.3. The lowest BCUT2D eigenvalue weighted by Gasteiger charge is -2.17. The van der Waals surface area contributed by atoms with Crippen LogP contribution in [0.15, 0.2) is 10.3 Å². The van der Waals surface area contributed by atoms with Crippen LogP contribution in [-0.4, -0.2) is 29.6 Å². The van der Waals surface area contributed by atoms with Crippen LogP contribution in [0, 0.1) is 11.3 Å². The predicted octanol–water partition coefficient (Wildman–Crippen LogP) is 2.30. The molecule has 2 aromatic rings. The van der Waals surface area contributed by atoms with Crippen LogP contribution in [0.5, 0.6) is 0 Å². The molecule has 4 rings (SSSR count). The minimum Gasteiger partial charge on any atom is -0.390 e. The van der Waals surface area contributed by atoms with Gasteiger partial charge in [0.1, 0.15) is 10.6 Å². The van der Waals surface area contributed by atoms with Gasteiger partial charge in [-0.25, -0.2) is 22.9 Å². The number of nitrogens with one attached hydrogen (secondary N) is 2. The molecular weight excluding hydrogens is 452 g/mol. The molecule has 4 N–H and O–H groups in total. The van der Waals surface area contributed by atoms with Crippen LogP contribution in [0.2, 0.25) is 0 Å². The molecule has 1 aromatic heterocycles. The maximum absolute atomic E-state index is 12.9. The lowest BCUT2D eigenvalue weighted by molar-refractivity contribution is 0.0779. The number of rotatable bonds is 5. The average Bonchev–Trinajstić information content (AvgIpc) is 3.45. The summed E-state index contributed by atoms with van der Waals surface area (Å²) in [6, 6.07) is 1.33. The molecule has 9 nitrogen and oxygen atoms in total. The Bertz CT molecular complexity index is 1290. The molecule has 0 saturated heterocycles. The molecule has 0 fully saturated rings. The van der Waals surface area contributed by atoms with E-state index in [1.165, 1.54) is 13.8 Å². The topological polar surface area (TPSA) is 152 Å². The van der Waals surface area contributed by atoms with Crippen LogP contribution >= 0.6 is 11.3 Å². The fourth-order valence-electron chi connectivity index (χ4n) is 4.11. The monoisotopic (exact) mass is 474 g/mol. The van der Waals surface area contributed by atoms with Gasteiger partial charge in [-0.2, -0.15) is 5.26 Å². The number of carbonyl (C=O) groups excluding carboxylic acids is 1. The Morgan fingerprint density at radius 3 is 2.69 bits per heavy atom. The first kappa shape index (κ1) is 22.4. The van der Waals surface area contributed by atoms with Gasteiger partial charge in [-0.05, 0) is 56.2 Å². The predicted molar refractivity (Wildman–Crippen MR) is 119 cm³/mol. The number of amides is 2. The number of sulfonamides is 1. The quantitative estimate of drug-likeness (QED) is 0.519. The highest BCUT2D eigenvalue weighted by Gasteiger charge is 2.32. The zero-order chi connectivity index (χ0) is 23.3. The smallest absolute Gasteiger partial charge is 0.333 e. The molecule has 32 heavy (non-hydrogen) atoms. The summed E-state index contributed by atoms with van der Waals surface area (Å²) in [5.74, 6) is 0. The number of thiazole rings is 1. The Morgan fingerprint density at radius 1 is 1.31 bits per heavy atom. The van der Waals surface area contributed by atoms with Crippen molar-refractivity contribution < 1.29 is 23.4 Å². The second kappa shape index (κ2) is 7.97. The molecule has 2 aliphatic carbocycles. The summed E-state index contributed by atoms with van der Waals surface area (Å²) < 4.78 is 27.4. The first-order valence-electron chi connectivity index (χ1n) is 10.0. The normalized spacial score (nSPS) is 14.7. The number of aliphatic hydroxyl groups excluding tert-OH is 1. The maximum atomic E-state index is 12.9. The summed E-state index contributed by atoms with van der Waals surface area (Å²) >= 11 is 0.693. The second-order valence-corrected chi connectivity index (χ2v) is 11.1. The number of aromatic nitrogens is 1. The molecule has 0 bridgehead atoms. The summed E-state index contributed by atoms with van der Waals surface area (Å²) in [4.78, 5) is 16.7. The van der Waals surface area contributed by atoms with E-state index in [1.54, 1.807) is 0 Å². The molecular formula is C21H22N4O5S2. The number of allylic oxidation sites excluding steroid dienone is 1. The van der Waals surface area contributed by atoms with Gasteiger partial charge < -0.3 is 15.5 Å². The Balaban J connectivity index is 1.66. The van der Waals surface area contributed by atoms with E-state index in [-0.39, 0.29) is 14.9 Å². The van der Waals surface area contributed by atoms with Gasteiger partial charge >= 0.3 is 6.03 Å². The number of fused-ring (bicyclic) bond motifs is 2. The fraction of sp³-hybridized carbons (Fsp3) is 0.381. The highest BCUT2D eigenvalue weighted by molar-refractivity contribution is 7.92. The van der Waals surface area contributed by atoms with Crippen molar-refractivity contribution in [2.45, 2.75) is 55.9 Å². The number of nitrogens with zero attached hydrogens (tertiary/aromatic N) is 2. The van der Waals surface area contributed by atoms with Crippen molar-refractivity contribution in [3.05, 3.63) is 44.6 Å². The van der Waals surface area contributed by atoms with Gasteiger partial charge in [0, 0.05) is 5.56 Å². The summed E-state index contributed by atoms with van der Waals surface area (Å²) in [6.07, 6.45) is 6.60. The Kier molecular flexibility index (Phi) is 5.58. The zero-order valence-corrected chi connectivity index (χ0v) is 19.2. The third-order valence-corrected chi connectivity index (χ3v) is 8.77. The Hall–Kier alpha value is -2.78. The number of benzene rings is 1. The molecule has 168 valence electrons. The van der Waals surface area contributed by atoms with E-state index in [4.69, 9.17) is 0 Å². The average molecular weight is 475 g/mol. The Labute approximate surface area is 189 Å². The van der Waals surface area contributed by atoms with Crippen LogP contribution in [0.3, 0.4) is 0 Å². The van der Waals surface area contributed by atoms with Crippen LogP contribution in [0.25, 0.3) is 6.08 Å². The van der Waals surface area contributed by atoms with Crippen molar-refractivity contribution in [1.82, 2.24) is 9.71 Å². The van der Waals surface area contributed by atoms with Crippen LogP contribution in [0.4, 0.5) is 10.5 Å². The summed E-state index contributed by atoms with van der Waals surface area (Å²) in [6.45, 7) is 2.23. The molecule has 1 aromatic carbocycles. The molecule has 2 amide bonds. The van der Waals surface area contributed by atoms with Gasteiger partial charge in [0.15, 0.2) is 4.21 Å². The molecule has 0 saturated carbocycles. The molecule has 0 aliphatic heterocycles. The standard InChI is InChI=1S/C21H22N4O5S2/c1-21(2,28)19-23-16(10-26)18(31-19)32(29,30)25-20(27)24-17-13-7-3-5-11(13)15(9-22)12-6-4-8-14(12)17/h3,7,26,28H,4-6,8,10H2,1-2H3,(H2,24,25,27). The van der Waals surface area contributed by atoms with E-state index in [0.29, 0.717) is 35.4 Å². The van der Waals surface area contributed by atoms with Crippen molar-refractivity contribution in [2.75, 3.05) is 5.32 Å². The summed E-state index contributed by atoms with van der Waals surface area (Å²) in [5, 5.41) is 32.1. The van der Waals surface area contributed by atoms with Gasteiger partial charge in [-0.15, -0.1) is 11.3 Å². The SMILES string of the molecule is CC(C)(O)c1nc(CO)c(S(=O)(=O)NC(=O)Nc2c3c(c(C#N)c4c2CCC4)CC=C3)s1. The highest BCUT2D eigenvalue weighted by atomic mass is 32.2. The van der Waals surface area contributed by atoms with Gasteiger partial charge in [0.05, 0.1) is 29.6 Å². The number of hydrogen-bond acceptors (Lipinski definition) is 8. The Morgan fingerprint density at radius 2 is 2.03 bits per heavy atom. The number of aliphatic hydroxyl groups is 2. The van der Waals surface area contributed by atoms with E-state index >= 15 is 0 Å². The lowest BCUT2D eigenvalue weighted by Crippen LogP contribution is -2.35. The number of nitriles is 1. The van der Waals surface area contributed by atoms with Gasteiger partial charge in [0.25, 0.3) is 10.0 Å². The number of carbonyl (C=O) groups is 1. The van der Waals surface area contributed by atoms with Crippen LogP contribution in [0.1, 0.15) is 58.8 Å². The molecule has 0 radical (unpaired) electrons. The van der Waals surface area contributed by atoms with E-state index in [2.05, 4.69) is 16.4 Å². The number of anilines is 1. The molecule has 11 heteroatoms. The van der Waals surface area contributed by atoms with Crippen LogP contribution < -0.4 is 10.0 Å². The van der Waals surface area contributed by atoms with Crippen molar-refractivity contribution in [3.8, 4) is 6.07 Å². The van der Waals surface area contributed by atoms with Crippen molar-refractivity contribution >= 4 is 39.2 Å². The largest absolute Gasteiger partial charge is 0.390 e. The molecule has 1 heterocycles. The molecule has 0 atom stereocenters. The first-order chi connectivity index (χ1) is 15.1. The van der Waals surface area contributed by atoms with Gasteiger partial charge in [0.2, 0.25) is 0 Å². The summed E-state index contributed by atoms with van der Waals surface area (Å²) in [5.41, 5.74) is 2.96. The van der Waals surface area contributed by atoms with Crippen molar-refractivity contribution in [2.24, 2.45) is 0 Å². The number of hydrogen-bond donors (Lipinski definition) is 4. The maximum Gasteiger partial charge on any atom is 0.333 e. The minimum atomic E-state index is -4.35. The van der Waals surface area contributed by atoms with E-state index in [0.717, 1.165) is 35.1 Å². The highest BCUT2D eigenvalue weighted by Crippen LogP contribution is 2.41. The molecule has 2 aliphatic rings. The zero-order valence-electron chi connectivity index (χ0n) is 17.5. The van der Waals surface area contributed by atoms with Gasteiger partial charge in [-0.1, -0.05) is 12.2 Å². The van der Waals surface area contributed by atoms with E-state index in [9.17, 15) is 28.7 Å². The van der Waals surface area contributed by atoms with E-state index < -0.39 is 28.3 Å². The third kappa shape index (κ3) is 3.80.